The van der Waals surface area contributed by atoms with Gasteiger partial charge in [0.25, 0.3) is 0 Å². The molecular formula is C25H23ClN4O2S. The van der Waals surface area contributed by atoms with Gasteiger partial charge in [-0.05, 0) is 42.3 Å². The molecule has 0 saturated heterocycles. The third-order valence-electron chi connectivity index (χ3n) is 4.85. The molecule has 0 radical (unpaired) electrons. The molecule has 6 nitrogen and oxygen atoms in total. The van der Waals surface area contributed by atoms with Crippen molar-refractivity contribution in [1.29, 1.82) is 0 Å². The Balaban J connectivity index is 1.41. The van der Waals surface area contributed by atoms with E-state index in [0.29, 0.717) is 23.1 Å². The summed E-state index contributed by atoms with van der Waals surface area (Å²) in [5.74, 6) is 2.04. The molecule has 0 N–H and O–H groups in total. The summed E-state index contributed by atoms with van der Waals surface area (Å²) in [6, 6.07) is 21.7. The largest absolute Gasteiger partial charge is 0.493 e. The molecule has 1 aromatic heterocycles. The molecule has 0 aliphatic heterocycles. The van der Waals surface area contributed by atoms with Gasteiger partial charge in [0.2, 0.25) is 5.16 Å². The molecule has 0 spiro atoms. The molecular weight excluding hydrogens is 456 g/mol. The minimum atomic E-state index is 0.353. The van der Waals surface area contributed by atoms with Gasteiger partial charge in [0, 0.05) is 16.3 Å². The van der Waals surface area contributed by atoms with Crippen molar-refractivity contribution in [2.45, 2.75) is 24.4 Å². The quantitative estimate of drug-likeness (QED) is 0.218. The molecule has 0 aliphatic carbocycles. The van der Waals surface area contributed by atoms with Crippen LogP contribution in [0.1, 0.15) is 22.3 Å². The van der Waals surface area contributed by atoms with Gasteiger partial charge in [-0.2, -0.15) is 9.78 Å². The van der Waals surface area contributed by atoms with E-state index in [-0.39, 0.29) is 0 Å². The molecule has 8 heteroatoms. The average molecular weight is 479 g/mol. The van der Waals surface area contributed by atoms with E-state index < -0.39 is 0 Å². The van der Waals surface area contributed by atoms with Crippen LogP contribution in [0, 0.1) is 6.92 Å². The third-order valence-corrected chi connectivity index (χ3v) is 6.22. The van der Waals surface area contributed by atoms with E-state index in [0.717, 1.165) is 22.0 Å². The lowest BCUT2D eigenvalue weighted by Crippen LogP contribution is -1.99. The van der Waals surface area contributed by atoms with Gasteiger partial charge in [-0.25, -0.2) is 0 Å². The first-order valence-electron chi connectivity index (χ1n) is 10.3. The molecule has 0 saturated carbocycles. The first-order chi connectivity index (χ1) is 16.1. The Morgan fingerprint density at radius 1 is 1.06 bits per heavy atom. The zero-order valence-corrected chi connectivity index (χ0v) is 19.9. The Hall–Kier alpha value is -3.29. The lowest BCUT2D eigenvalue weighted by molar-refractivity contribution is 0.284. The summed E-state index contributed by atoms with van der Waals surface area (Å²) in [6.45, 7) is 2.43. The smallest absolute Gasteiger partial charge is 0.212 e. The molecule has 3 aromatic carbocycles. The Bertz CT molecular complexity index is 1240. The standard InChI is InChI=1S/C25H23ClN4O2S/c1-18-7-9-19(10-8-18)16-33-25-29-27-17-30(25)28-14-20-11-12-23(24(13-20)31-2)32-15-21-5-3-4-6-22(21)26/h3-14,17H,15-16H2,1-2H3/b28-14-. The van der Waals surface area contributed by atoms with Crippen LogP contribution in [0.25, 0.3) is 0 Å². The van der Waals surface area contributed by atoms with Crippen LogP contribution in [0.2, 0.25) is 5.02 Å². The van der Waals surface area contributed by atoms with E-state index in [1.807, 2.05) is 42.5 Å². The number of methoxy groups -OCH3 is 1. The highest BCUT2D eigenvalue weighted by atomic mass is 35.5. The van der Waals surface area contributed by atoms with Crippen molar-refractivity contribution in [3.05, 3.63) is 100 Å². The second-order valence-electron chi connectivity index (χ2n) is 7.27. The van der Waals surface area contributed by atoms with Gasteiger partial charge in [0.1, 0.15) is 12.9 Å². The van der Waals surface area contributed by atoms with Gasteiger partial charge in [0.05, 0.1) is 13.3 Å². The van der Waals surface area contributed by atoms with Crippen molar-refractivity contribution >= 4 is 29.6 Å². The number of thioether (sulfide) groups is 1. The molecule has 1 heterocycles. The number of halogens is 1. The topological polar surface area (TPSA) is 61.5 Å². The lowest BCUT2D eigenvalue weighted by Gasteiger charge is -2.12. The van der Waals surface area contributed by atoms with Crippen molar-refractivity contribution in [2.24, 2.45) is 5.10 Å². The third kappa shape index (κ3) is 6.15. The SMILES string of the molecule is COc1cc(/C=N\n2cnnc2SCc2ccc(C)cc2)ccc1OCc1ccccc1Cl. The summed E-state index contributed by atoms with van der Waals surface area (Å²) in [5.41, 5.74) is 4.24. The van der Waals surface area contributed by atoms with Gasteiger partial charge in [-0.15, -0.1) is 10.2 Å². The van der Waals surface area contributed by atoms with Crippen LogP contribution in [0.5, 0.6) is 11.5 Å². The first kappa shape index (κ1) is 22.9. The van der Waals surface area contributed by atoms with Gasteiger partial charge < -0.3 is 9.47 Å². The zero-order valence-electron chi connectivity index (χ0n) is 18.3. The zero-order chi connectivity index (χ0) is 23.0. The average Bonchev–Trinajstić information content (AvgIpc) is 3.29. The molecule has 4 rings (SSSR count). The number of aromatic nitrogens is 3. The van der Waals surface area contributed by atoms with E-state index in [1.54, 1.807) is 36.1 Å². The number of aryl methyl sites for hydroxylation is 1. The van der Waals surface area contributed by atoms with Crippen molar-refractivity contribution in [1.82, 2.24) is 14.9 Å². The highest BCUT2D eigenvalue weighted by Gasteiger charge is 2.08. The van der Waals surface area contributed by atoms with Crippen LogP contribution < -0.4 is 9.47 Å². The van der Waals surface area contributed by atoms with Crippen LogP contribution in [0.3, 0.4) is 0 Å². The maximum Gasteiger partial charge on any atom is 0.212 e. The van der Waals surface area contributed by atoms with E-state index in [9.17, 15) is 0 Å². The summed E-state index contributed by atoms with van der Waals surface area (Å²) < 4.78 is 13.1. The van der Waals surface area contributed by atoms with E-state index >= 15 is 0 Å². The molecule has 4 aromatic rings. The van der Waals surface area contributed by atoms with Gasteiger partial charge in [-0.3, -0.25) is 0 Å². The number of rotatable bonds is 9. The molecule has 0 amide bonds. The maximum absolute atomic E-state index is 6.21. The van der Waals surface area contributed by atoms with Gasteiger partial charge >= 0.3 is 0 Å². The van der Waals surface area contributed by atoms with Crippen molar-refractivity contribution in [3.8, 4) is 11.5 Å². The summed E-state index contributed by atoms with van der Waals surface area (Å²) in [5, 5.41) is 14.1. The molecule has 33 heavy (non-hydrogen) atoms. The highest BCUT2D eigenvalue weighted by Crippen LogP contribution is 2.29. The summed E-state index contributed by atoms with van der Waals surface area (Å²) in [4.78, 5) is 0. The Kier molecular flexibility index (Phi) is 7.65. The fraction of sp³-hybridized carbons (Fsp3) is 0.160. The fourth-order valence-corrected chi connectivity index (χ4v) is 4.02. The molecule has 0 bridgehead atoms. The van der Waals surface area contributed by atoms with Crippen molar-refractivity contribution in [2.75, 3.05) is 7.11 Å². The number of hydrogen-bond donors (Lipinski definition) is 0. The van der Waals surface area contributed by atoms with Crippen LogP contribution in [0.4, 0.5) is 0 Å². The summed E-state index contributed by atoms with van der Waals surface area (Å²) in [6.07, 6.45) is 3.33. The maximum atomic E-state index is 6.21. The summed E-state index contributed by atoms with van der Waals surface area (Å²) in [7, 11) is 1.61. The molecule has 0 unspecified atom stereocenters. The van der Waals surface area contributed by atoms with Crippen molar-refractivity contribution < 1.29 is 9.47 Å². The van der Waals surface area contributed by atoms with Crippen LogP contribution in [-0.4, -0.2) is 28.2 Å². The van der Waals surface area contributed by atoms with Gasteiger partial charge in [-0.1, -0.05) is 71.4 Å². The van der Waals surface area contributed by atoms with Crippen LogP contribution in [0.15, 0.2) is 83.3 Å². The second kappa shape index (κ2) is 11.0. The minimum absolute atomic E-state index is 0.353. The Morgan fingerprint density at radius 2 is 1.88 bits per heavy atom. The van der Waals surface area contributed by atoms with E-state index in [4.69, 9.17) is 21.1 Å². The molecule has 168 valence electrons. The second-order valence-corrected chi connectivity index (χ2v) is 8.62. The van der Waals surface area contributed by atoms with Crippen LogP contribution >= 0.6 is 23.4 Å². The molecule has 0 aliphatic rings. The summed E-state index contributed by atoms with van der Waals surface area (Å²) >= 11 is 7.80. The predicted octanol–water partition coefficient (Wildman–Crippen LogP) is 6.00. The van der Waals surface area contributed by atoms with E-state index in [1.165, 1.54) is 11.1 Å². The fourth-order valence-electron chi connectivity index (χ4n) is 3.01. The van der Waals surface area contributed by atoms with E-state index in [2.05, 4.69) is 46.5 Å². The van der Waals surface area contributed by atoms with Crippen molar-refractivity contribution in [3.63, 3.8) is 0 Å². The monoisotopic (exact) mass is 478 g/mol. The minimum Gasteiger partial charge on any atom is -0.493 e. The predicted molar refractivity (Wildman–Crippen MR) is 133 cm³/mol. The number of hydrogen-bond acceptors (Lipinski definition) is 6. The Labute approximate surface area is 202 Å². The van der Waals surface area contributed by atoms with Gasteiger partial charge in [0.15, 0.2) is 11.5 Å². The number of nitrogens with zero attached hydrogens (tertiary/aromatic N) is 4. The molecule has 0 atom stereocenters. The van der Waals surface area contributed by atoms with Crippen LogP contribution in [-0.2, 0) is 12.4 Å². The highest BCUT2D eigenvalue weighted by molar-refractivity contribution is 7.98. The molecule has 0 fully saturated rings. The lowest BCUT2D eigenvalue weighted by atomic mass is 10.2. The number of benzene rings is 3. The first-order valence-corrected chi connectivity index (χ1v) is 11.7. The number of ether oxygens (including phenoxy) is 2. The normalized spacial score (nSPS) is 11.1. The Morgan fingerprint density at radius 3 is 2.67 bits per heavy atom.